The van der Waals surface area contributed by atoms with Gasteiger partial charge in [-0.25, -0.2) is 4.98 Å². The summed E-state index contributed by atoms with van der Waals surface area (Å²) < 4.78 is 4.84. The fourth-order valence-corrected chi connectivity index (χ4v) is 1.72. The van der Waals surface area contributed by atoms with Crippen molar-refractivity contribution in [3.05, 3.63) is 36.2 Å². The van der Waals surface area contributed by atoms with Crippen LogP contribution in [0.15, 0.2) is 30.5 Å². The minimum Gasteiger partial charge on any atom is -0.466 e. The molecule has 5 heteroatoms. The van der Waals surface area contributed by atoms with E-state index in [1.165, 1.54) is 0 Å². The Labute approximate surface area is 112 Å². The third-order valence-electron chi connectivity index (χ3n) is 2.62. The molecule has 1 N–H and O–H groups in total. The summed E-state index contributed by atoms with van der Waals surface area (Å²) in [4.78, 5) is 20.0. The summed E-state index contributed by atoms with van der Waals surface area (Å²) in [5.74, 6) is -0.181. The summed E-state index contributed by atoms with van der Waals surface area (Å²) >= 11 is 0. The Kier molecular flexibility index (Phi) is 4.80. The molecule has 100 valence electrons. The number of nitrogens with zero attached hydrogens (tertiary/aromatic N) is 2. The third kappa shape index (κ3) is 3.99. The van der Waals surface area contributed by atoms with Crippen LogP contribution in [0.25, 0.3) is 11.0 Å². The van der Waals surface area contributed by atoms with Gasteiger partial charge in [-0.2, -0.15) is 0 Å². The van der Waals surface area contributed by atoms with Crippen molar-refractivity contribution in [2.75, 3.05) is 13.2 Å². The molecule has 1 heterocycles. The van der Waals surface area contributed by atoms with Gasteiger partial charge in [0.05, 0.1) is 36.0 Å². The molecule has 19 heavy (non-hydrogen) atoms. The van der Waals surface area contributed by atoms with E-state index in [0.717, 1.165) is 16.7 Å². The first-order valence-corrected chi connectivity index (χ1v) is 6.36. The zero-order valence-corrected chi connectivity index (χ0v) is 10.9. The second-order valence-electron chi connectivity index (χ2n) is 4.08. The largest absolute Gasteiger partial charge is 0.466 e. The molecule has 0 saturated carbocycles. The Morgan fingerprint density at radius 1 is 1.32 bits per heavy atom. The Morgan fingerprint density at radius 3 is 2.89 bits per heavy atom. The van der Waals surface area contributed by atoms with Crippen LogP contribution >= 0.6 is 0 Å². The summed E-state index contributed by atoms with van der Waals surface area (Å²) in [5.41, 5.74) is 2.63. The number of aromatic nitrogens is 2. The summed E-state index contributed by atoms with van der Waals surface area (Å²) in [7, 11) is 0. The van der Waals surface area contributed by atoms with Gasteiger partial charge in [-0.15, -0.1) is 0 Å². The van der Waals surface area contributed by atoms with Crippen molar-refractivity contribution in [1.82, 2.24) is 15.3 Å². The molecular formula is C14H17N3O2. The maximum atomic E-state index is 11.1. The van der Waals surface area contributed by atoms with E-state index in [4.69, 9.17) is 4.74 Å². The van der Waals surface area contributed by atoms with Gasteiger partial charge in [0.1, 0.15) is 0 Å². The van der Waals surface area contributed by atoms with Gasteiger partial charge in [-0.05, 0) is 19.1 Å². The van der Waals surface area contributed by atoms with Crippen molar-refractivity contribution < 1.29 is 9.53 Å². The number of hydrogen-bond donors (Lipinski definition) is 1. The minimum atomic E-state index is -0.181. The predicted octanol–water partition coefficient (Wildman–Crippen LogP) is 1.67. The monoisotopic (exact) mass is 259 g/mol. The number of rotatable bonds is 6. The fourth-order valence-electron chi connectivity index (χ4n) is 1.72. The van der Waals surface area contributed by atoms with Gasteiger partial charge < -0.3 is 10.1 Å². The van der Waals surface area contributed by atoms with Gasteiger partial charge in [0.25, 0.3) is 0 Å². The summed E-state index contributed by atoms with van der Waals surface area (Å²) in [5, 5.41) is 3.15. The number of carbonyl (C=O) groups excluding carboxylic acids is 1. The molecule has 0 radical (unpaired) electrons. The first-order chi connectivity index (χ1) is 9.29. The van der Waals surface area contributed by atoms with Crippen LogP contribution in [-0.4, -0.2) is 29.1 Å². The number of carbonyl (C=O) groups is 1. The van der Waals surface area contributed by atoms with E-state index in [0.29, 0.717) is 26.1 Å². The maximum absolute atomic E-state index is 11.1. The highest BCUT2D eigenvalue weighted by atomic mass is 16.5. The van der Waals surface area contributed by atoms with Gasteiger partial charge in [0.15, 0.2) is 0 Å². The number of nitrogens with one attached hydrogen (secondary N) is 1. The molecule has 0 aliphatic heterocycles. The van der Waals surface area contributed by atoms with Crippen molar-refractivity contribution in [1.29, 1.82) is 0 Å². The first-order valence-electron chi connectivity index (χ1n) is 6.36. The smallest absolute Gasteiger partial charge is 0.307 e. The van der Waals surface area contributed by atoms with Crippen molar-refractivity contribution in [3.8, 4) is 0 Å². The lowest BCUT2D eigenvalue weighted by Gasteiger charge is -2.05. The predicted molar refractivity (Wildman–Crippen MR) is 72.5 cm³/mol. The highest BCUT2D eigenvalue weighted by Crippen LogP contribution is 2.08. The molecule has 0 aliphatic rings. The summed E-state index contributed by atoms with van der Waals surface area (Å²) in [6.45, 7) is 3.40. The van der Waals surface area contributed by atoms with E-state index in [1.807, 2.05) is 24.3 Å². The van der Waals surface area contributed by atoms with Gasteiger partial charge in [0.2, 0.25) is 0 Å². The molecule has 2 aromatic rings. The van der Waals surface area contributed by atoms with E-state index >= 15 is 0 Å². The molecule has 0 saturated heterocycles. The Morgan fingerprint density at radius 2 is 2.11 bits per heavy atom. The van der Waals surface area contributed by atoms with Crippen LogP contribution in [-0.2, 0) is 16.1 Å². The second kappa shape index (κ2) is 6.80. The van der Waals surface area contributed by atoms with Crippen LogP contribution < -0.4 is 5.32 Å². The zero-order chi connectivity index (χ0) is 13.5. The number of fused-ring (bicyclic) bond motifs is 1. The molecule has 5 nitrogen and oxygen atoms in total. The Bertz CT molecular complexity index is 557. The highest BCUT2D eigenvalue weighted by molar-refractivity contribution is 5.73. The van der Waals surface area contributed by atoms with Crippen molar-refractivity contribution in [3.63, 3.8) is 0 Å². The zero-order valence-electron chi connectivity index (χ0n) is 10.9. The fraction of sp³-hybridized carbons (Fsp3) is 0.357. The molecule has 0 amide bonds. The van der Waals surface area contributed by atoms with Crippen LogP contribution in [0, 0.1) is 0 Å². The molecule has 0 spiro atoms. The Hall–Kier alpha value is -2.01. The van der Waals surface area contributed by atoms with Gasteiger partial charge >= 0.3 is 5.97 Å². The average molecular weight is 259 g/mol. The van der Waals surface area contributed by atoms with Crippen molar-refractivity contribution >= 4 is 17.0 Å². The summed E-state index contributed by atoms with van der Waals surface area (Å²) in [6.07, 6.45) is 2.12. The van der Waals surface area contributed by atoms with Crippen LogP contribution in [0.5, 0.6) is 0 Å². The maximum Gasteiger partial charge on any atom is 0.307 e. The molecule has 0 aliphatic carbocycles. The lowest BCUT2D eigenvalue weighted by Crippen LogP contribution is -2.19. The minimum absolute atomic E-state index is 0.181. The van der Waals surface area contributed by atoms with Gasteiger partial charge in [0, 0.05) is 13.1 Å². The first kappa shape index (κ1) is 13.4. The van der Waals surface area contributed by atoms with Crippen molar-refractivity contribution in [2.24, 2.45) is 0 Å². The number of ether oxygens (including phenoxy) is 1. The summed E-state index contributed by atoms with van der Waals surface area (Å²) in [6, 6.07) is 7.74. The van der Waals surface area contributed by atoms with Crippen LogP contribution in [0.3, 0.4) is 0 Å². The Balaban J connectivity index is 1.83. The number of benzene rings is 1. The molecule has 0 unspecified atom stereocenters. The van der Waals surface area contributed by atoms with Crippen molar-refractivity contribution in [2.45, 2.75) is 19.9 Å². The molecule has 2 rings (SSSR count). The quantitative estimate of drug-likeness (QED) is 0.631. The van der Waals surface area contributed by atoms with Gasteiger partial charge in [-0.3, -0.25) is 9.78 Å². The topological polar surface area (TPSA) is 64.1 Å². The van der Waals surface area contributed by atoms with E-state index in [-0.39, 0.29) is 5.97 Å². The lowest BCUT2D eigenvalue weighted by atomic mass is 10.3. The SMILES string of the molecule is CCOC(=O)CCNCc1cnc2ccccc2n1. The van der Waals surface area contributed by atoms with E-state index in [9.17, 15) is 4.79 Å². The average Bonchev–Trinajstić information content (AvgIpc) is 2.44. The number of para-hydroxylation sites is 2. The molecule has 1 aromatic carbocycles. The van der Waals surface area contributed by atoms with Gasteiger partial charge in [-0.1, -0.05) is 12.1 Å². The third-order valence-corrected chi connectivity index (χ3v) is 2.62. The normalized spacial score (nSPS) is 10.6. The van der Waals surface area contributed by atoms with Crippen LogP contribution in [0.2, 0.25) is 0 Å². The molecular weight excluding hydrogens is 242 g/mol. The molecule has 0 atom stereocenters. The second-order valence-corrected chi connectivity index (χ2v) is 4.08. The lowest BCUT2D eigenvalue weighted by molar-refractivity contribution is -0.142. The number of hydrogen-bond acceptors (Lipinski definition) is 5. The standard InChI is InChI=1S/C14H17N3O2/c1-2-19-14(18)7-8-15-9-11-10-16-12-5-3-4-6-13(12)17-11/h3-6,10,15H,2,7-9H2,1H3. The van der Waals surface area contributed by atoms with Crippen LogP contribution in [0.4, 0.5) is 0 Å². The number of esters is 1. The van der Waals surface area contributed by atoms with E-state index < -0.39 is 0 Å². The van der Waals surface area contributed by atoms with E-state index in [2.05, 4.69) is 15.3 Å². The van der Waals surface area contributed by atoms with E-state index in [1.54, 1.807) is 13.1 Å². The highest BCUT2D eigenvalue weighted by Gasteiger charge is 2.02. The van der Waals surface area contributed by atoms with Crippen LogP contribution in [0.1, 0.15) is 19.0 Å². The molecule has 0 fully saturated rings. The molecule has 1 aromatic heterocycles. The molecule has 0 bridgehead atoms.